The number of hydrogen-bond acceptors (Lipinski definition) is 5. The number of nitrogens with zero attached hydrogens (tertiary/aromatic N) is 4. The molecule has 0 radical (unpaired) electrons. The van der Waals surface area contributed by atoms with Crippen LogP contribution in [0.4, 0.5) is 19.0 Å². The van der Waals surface area contributed by atoms with Crippen LogP contribution in [-0.4, -0.2) is 19.9 Å². The summed E-state index contributed by atoms with van der Waals surface area (Å²) < 4.78 is 37.5. The molecular formula is C15H12F3N5. The van der Waals surface area contributed by atoms with Crippen molar-refractivity contribution in [2.45, 2.75) is 19.0 Å². The molecule has 118 valence electrons. The maximum absolute atomic E-state index is 12.5. The smallest absolute Gasteiger partial charge is 0.383 e. The molecule has 0 aliphatic heterocycles. The van der Waals surface area contributed by atoms with E-state index in [4.69, 9.17) is 5.73 Å². The predicted octanol–water partition coefficient (Wildman–Crippen LogP) is 3.17. The van der Waals surface area contributed by atoms with Gasteiger partial charge in [-0.05, 0) is 17.7 Å². The summed E-state index contributed by atoms with van der Waals surface area (Å²) in [7, 11) is 0. The fourth-order valence-electron chi connectivity index (χ4n) is 2.17. The molecule has 3 aromatic rings. The van der Waals surface area contributed by atoms with Crippen LogP contribution in [0.1, 0.15) is 30.1 Å². The van der Waals surface area contributed by atoms with Gasteiger partial charge in [0, 0.05) is 23.7 Å². The number of aromatic nitrogens is 4. The fourth-order valence-corrected chi connectivity index (χ4v) is 2.17. The van der Waals surface area contributed by atoms with Gasteiger partial charge < -0.3 is 5.73 Å². The molecule has 0 spiro atoms. The Morgan fingerprint density at radius 3 is 2.35 bits per heavy atom. The second-order valence-electron chi connectivity index (χ2n) is 5.04. The molecule has 0 unspecified atom stereocenters. The van der Waals surface area contributed by atoms with Crippen molar-refractivity contribution in [1.29, 1.82) is 0 Å². The molecule has 0 fully saturated rings. The van der Waals surface area contributed by atoms with Crippen molar-refractivity contribution in [2.24, 2.45) is 0 Å². The average Bonchev–Trinajstić information content (AvgIpc) is 2.53. The highest BCUT2D eigenvalue weighted by Gasteiger charge is 2.34. The van der Waals surface area contributed by atoms with Gasteiger partial charge in [0.1, 0.15) is 11.6 Å². The van der Waals surface area contributed by atoms with Gasteiger partial charge in [0.2, 0.25) is 5.82 Å². The lowest BCUT2D eigenvalue weighted by atomic mass is 10.0. The molecule has 23 heavy (non-hydrogen) atoms. The largest absolute Gasteiger partial charge is 0.451 e. The van der Waals surface area contributed by atoms with E-state index in [1.54, 1.807) is 19.1 Å². The maximum Gasteiger partial charge on any atom is 0.451 e. The molecule has 0 amide bonds. The summed E-state index contributed by atoms with van der Waals surface area (Å²) in [6.07, 6.45) is -2.30. The van der Waals surface area contributed by atoms with Crippen LogP contribution < -0.4 is 5.73 Å². The van der Waals surface area contributed by atoms with Crippen LogP contribution in [0.25, 0.3) is 10.9 Å². The van der Waals surface area contributed by atoms with Crippen molar-refractivity contribution in [3.05, 3.63) is 53.9 Å². The number of benzene rings is 1. The van der Waals surface area contributed by atoms with Gasteiger partial charge in [-0.25, -0.2) is 19.9 Å². The number of alkyl halides is 3. The average molecular weight is 319 g/mol. The Balaban J connectivity index is 1.98. The van der Waals surface area contributed by atoms with Crippen molar-refractivity contribution in [2.75, 3.05) is 5.73 Å². The van der Waals surface area contributed by atoms with E-state index < -0.39 is 12.0 Å². The van der Waals surface area contributed by atoms with Crippen molar-refractivity contribution in [3.8, 4) is 0 Å². The van der Waals surface area contributed by atoms with E-state index in [1.807, 2.05) is 12.1 Å². The van der Waals surface area contributed by atoms with Gasteiger partial charge in [-0.1, -0.05) is 19.1 Å². The number of para-hydroxylation sites is 1. The Kier molecular flexibility index (Phi) is 3.59. The topological polar surface area (TPSA) is 77.6 Å². The van der Waals surface area contributed by atoms with Crippen LogP contribution in [0.2, 0.25) is 0 Å². The first kappa shape index (κ1) is 15.1. The number of hydrogen-bond donors (Lipinski definition) is 1. The quantitative estimate of drug-likeness (QED) is 0.785. The molecule has 2 heterocycles. The molecule has 0 aliphatic rings. The van der Waals surface area contributed by atoms with Gasteiger partial charge in [-0.3, -0.25) is 0 Å². The Morgan fingerprint density at radius 2 is 1.70 bits per heavy atom. The molecule has 2 N–H and O–H groups in total. The molecule has 3 rings (SSSR count). The fraction of sp³-hybridized carbons (Fsp3) is 0.200. The van der Waals surface area contributed by atoms with E-state index >= 15 is 0 Å². The number of fused-ring (bicyclic) bond motifs is 1. The maximum atomic E-state index is 12.5. The summed E-state index contributed by atoms with van der Waals surface area (Å²) in [5.41, 5.74) is 7.08. The minimum Gasteiger partial charge on any atom is -0.383 e. The Morgan fingerprint density at radius 1 is 1.04 bits per heavy atom. The van der Waals surface area contributed by atoms with E-state index in [1.165, 1.54) is 0 Å². The highest BCUT2D eigenvalue weighted by atomic mass is 19.4. The second-order valence-corrected chi connectivity index (χ2v) is 5.04. The van der Waals surface area contributed by atoms with E-state index in [0.29, 0.717) is 22.7 Å². The number of halogens is 3. The zero-order chi connectivity index (χ0) is 16.6. The number of anilines is 1. The first-order valence-corrected chi connectivity index (χ1v) is 6.77. The molecule has 0 bridgehead atoms. The number of rotatable bonds is 2. The highest BCUT2D eigenvalue weighted by molar-refractivity contribution is 5.87. The Hall–Kier alpha value is -2.77. The van der Waals surface area contributed by atoms with Crippen LogP contribution in [0.15, 0.2) is 36.7 Å². The molecule has 5 nitrogen and oxygen atoms in total. The number of nitrogens with two attached hydrogens (primary N) is 1. The zero-order valence-corrected chi connectivity index (χ0v) is 12.0. The van der Waals surface area contributed by atoms with Crippen molar-refractivity contribution in [1.82, 2.24) is 19.9 Å². The van der Waals surface area contributed by atoms with Crippen molar-refractivity contribution < 1.29 is 13.2 Å². The minimum atomic E-state index is -4.56. The lowest BCUT2D eigenvalue weighted by molar-refractivity contribution is -0.145. The van der Waals surface area contributed by atoms with Crippen LogP contribution in [0.5, 0.6) is 0 Å². The monoisotopic (exact) mass is 319 g/mol. The molecule has 1 aromatic carbocycles. The SMILES string of the molecule is C[C@H](c1cnc(C(F)(F)F)nc1)c1nc(N)c2ccccc2n1. The van der Waals surface area contributed by atoms with Gasteiger partial charge in [0.05, 0.1) is 5.52 Å². The minimum absolute atomic E-state index is 0.324. The molecule has 0 saturated carbocycles. The Bertz CT molecular complexity index is 846. The lowest BCUT2D eigenvalue weighted by Crippen LogP contribution is -2.12. The van der Waals surface area contributed by atoms with Crippen LogP contribution >= 0.6 is 0 Å². The van der Waals surface area contributed by atoms with Gasteiger partial charge in [-0.15, -0.1) is 0 Å². The lowest BCUT2D eigenvalue weighted by Gasteiger charge is -2.12. The zero-order valence-electron chi connectivity index (χ0n) is 12.0. The van der Waals surface area contributed by atoms with Crippen molar-refractivity contribution in [3.63, 3.8) is 0 Å². The van der Waals surface area contributed by atoms with Crippen LogP contribution in [0.3, 0.4) is 0 Å². The van der Waals surface area contributed by atoms with E-state index in [2.05, 4.69) is 19.9 Å². The summed E-state index contributed by atoms with van der Waals surface area (Å²) in [5, 5.41) is 0.729. The summed E-state index contributed by atoms with van der Waals surface area (Å²) in [5.74, 6) is -0.827. The Labute approximate surface area is 129 Å². The van der Waals surface area contributed by atoms with Gasteiger partial charge in [-0.2, -0.15) is 13.2 Å². The van der Waals surface area contributed by atoms with E-state index in [-0.39, 0.29) is 5.92 Å². The first-order valence-electron chi connectivity index (χ1n) is 6.77. The molecule has 1 atom stereocenters. The molecular weight excluding hydrogens is 307 g/mol. The number of nitrogen functional groups attached to an aromatic ring is 1. The molecule has 8 heteroatoms. The third-order valence-electron chi connectivity index (χ3n) is 3.46. The summed E-state index contributed by atoms with van der Waals surface area (Å²) in [6, 6.07) is 7.26. The third-order valence-corrected chi connectivity index (χ3v) is 3.46. The predicted molar refractivity (Wildman–Crippen MR) is 78.5 cm³/mol. The summed E-state index contributed by atoms with van der Waals surface area (Å²) in [4.78, 5) is 15.4. The molecule has 0 saturated heterocycles. The van der Waals surface area contributed by atoms with E-state index in [9.17, 15) is 13.2 Å². The summed E-state index contributed by atoms with van der Waals surface area (Å²) in [6.45, 7) is 1.76. The third kappa shape index (κ3) is 2.92. The van der Waals surface area contributed by atoms with E-state index in [0.717, 1.165) is 17.8 Å². The van der Waals surface area contributed by atoms with Gasteiger partial charge in [0.25, 0.3) is 0 Å². The van der Waals surface area contributed by atoms with Crippen molar-refractivity contribution >= 4 is 16.7 Å². The standard InChI is InChI=1S/C15H12F3N5/c1-8(9-6-20-14(21-7-9)15(16,17)18)13-22-11-5-3-2-4-10(11)12(19)23-13/h2-8H,1H3,(H2,19,22,23)/t8-/m1/s1. The normalized spacial score (nSPS) is 13.2. The van der Waals surface area contributed by atoms with Gasteiger partial charge >= 0.3 is 6.18 Å². The second kappa shape index (κ2) is 5.45. The van der Waals surface area contributed by atoms with Crippen LogP contribution in [-0.2, 0) is 6.18 Å². The highest BCUT2D eigenvalue weighted by Crippen LogP contribution is 2.28. The van der Waals surface area contributed by atoms with Crippen LogP contribution in [0, 0.1) is 0 Å². The van der Waals surface area contributed by atoms with Gasteiger partial charge in [0.15, 0.2) is 0 Å². The molecule has 0 aliphatic carbocycles. The first-order chi connectivity index (χ1) is 10.9. The molecule has 2 aromatic heterocycles. The summed E-state index contributed by atoms with van der Waals surface area (Å²) >= 11 is 0.